The number of imidazole rings is 1. The molecule has 1 N–H and O–H groups in total. The van der Waals surface area contributed by atoms with Crippen LogP contribution in [0.1, 0.15) is 25.8 Å². The molecule has 102 valence electrons. The monoisotopic (exact) mass is 392 g/mol. The maximum absolute atomic E-state index is 13.8. The van der Waals surface area contributed by atoms with E-state index < -0.39 is 0 Å². The molecule has 1 fully saturated rings. The Labute approximate surface area is 129 Å². The highest BCUT2D eigenvalue weighted by Crippen LogP contribution is 2.29. The molecule has 3 rings (SSSR count). The first-order valence-electron chi connectivity index (χ1n) is 6.29. The fraction of sp³-hybridized carbons (Fsp3) is 0.462. The highest BCUT2D eigenvalue weighted by molar-refractivity contribution is 14.1. The van der Waals surface area contributed by atoms with Gasteiger partial charge in [0.1, 0.15) is 5.82 Å². The maximum atomic E-state index is 13.8. The summed E-state index contributed by atoms with van der Waals surface area (Å²) in [6.45, 7) is 2.88. The Morgan fingerprint density at radius 3 is 3.05 bits per heavy atom. The summed E-state index contributed by atoms with van der Waals surface area (Å²) in [5.74, 6) is -0.213. The quantitative estimate of drug-likeness (QED) is 0.614. The van der Waals surface area contributed by atoms with Crippen LogP contribution < -0.4 is 0 Å². The highest BCUT2D eigenvalue weighted by Gasteiger charge is 2.25. The van der Waals surface area contributed by atoms with Crippen LogP contribution in [0.5, 0.6) is 0 Å². The first kappa shape index (κ1) is 13.5. The van der Waals surface area contributed by atoms with Crippen LogP contribution in [0.25, 0.3) is 11.0 Å². The Balaban J connectivity index is 2.14. The SMILES string of the molecule is CC(C1CCCO1)n1c(=S)[nH]c2cc(I)c(F)cc21. The lowest BCUT2D eigenvalue weighted by Gasteiger charge is -2.20. The highest BCUT2D eigenvalue weighted by atomic mass is 127. The Hall–Kier alpha value is -0.470. The van der Waals surface area contributed by atoms with Crippen molar-refractivity contribution < 1.29 is 9.13 Å². The summed E-state index contributed by atoms with van der Waals surface area (Å²) in [5, 5.41) is 0. The van der Waals surface area contributed by atoms with E-state index in [1.165, 1.54) is 0 Å². The molecule has 2 aromatic rings. The smallest absolute Gasteiger partial charge is 0.178 e. The first-order chi connectivity index (χ1) is 9.08. The molecule has 0 saturated carbocycles. The zero-order chi connectivity index (χ0) is 13.6. The summed E-state index contributed by atoms with van der Waals surface area (Å²) in [4.78, 5) is 3.15. The van der Waals surface area contributed by atoms with Crippen LogP contribution in [0.15, 0.2) is 12.1 Å². The predicted molar refractivity (Wildman–Crippen MR) is 83.5 cm³/mol. The molecule has 2 unspecified atom stereocenters. The molecule has 0 aliphatic carbocycles. The van der Waals surface area contributed by atoms with Crippen LogP contribution in [0, 0.1) is 14.2 Å². The molecule has 3 nitrogen and oxygen atoms in total. The third-order valence-electron chi connectivity index (χ3n) is 3.67. The molecule has 0 radical (unpaired) electrons. The molecule has 2 heterocycles. The number of nitrogens with one attached hydrogen (secondary N) is 1. The van der Waals surface area contributed by atoms with Crippen molar-refractivity contribution in [1.82, 2.24) is 9.55 Å². The van der Waals surface area contributed by atoms with Crippen molar-refractivity contribution >= 4 is 45.8 Å². The van der Waals surface area contributed by atoms with E-state index in [-0.39, 0.29) is 18.0 Å². The van der Waals surface area contributed by atoms with Crippen LogP contribution in [0.4, 0.5) is 4.39 Å². The van der Waals surface area contributed by atoms with Gasteiger partial charge in [0.05, 0.1) is 26.7 Å². The van der Waals surface area contributed by atoms with E-state index in [1.54, 1.807) is 12.1 Å². The molecule has 0 spiro atoms. The van der Waals surface area contributed by atoms with Gasteiger partial charge in [0, 0.05) is 12.7 Å². The minimum Gasteiger partial charge on any atom is -0.376 e. The van der Waals surface area contributed by atoms with E-state index in [1.807, 2.05) is 27.2 Å². The summed E-state index contributed by atoms with van der Waals surface area (Å²) < 4.78 is 22.7. The Kier molecular flexibility index (Phi) is 3.65. The number of nitrogens with zero attached hydrogens (tertiary/aromatic N) is 1. The van der Waals surface area contributed by atoms with Crippen molar-refractivity contribution in [3.63, 3.8) is 0 Å². The number of aromatic nitrogens is 2. The van der Waals surface area contributed by atoms with Crippen molar-refractivity contribution in [2.75, 3.05) is 6.61 Å². The number of fused-ring (bicyclic) bond motifs is 1. The fourth-order valence-electron chi connectivity index (χ4n) is 2.67. The van der Waals surface area contributed by atoms with Crippen LogP contribution in [-0.2, 0) is 4.74 Å². The van der Waals surface area contributed by atoms with E-state index in [2.05, 4.69) is 11.9 Å². The summed E-state index contributed by atoms with van der Waals surface area (Å²) in [6, 6.07) is 3.46. The average molecular weight is 392 g/mol. The summed E-state index contributed by atoms with van der Waals surface area (Å²) in [7, 11) is 0. The van der Waals surface area contributed by atoms with Crippen molar-refractivity contribution in [3.8, 4) is 0 Å². The molecule has 1 aromatic carbocycles. The molecular weight excluding hydrogens is 378 g/mol. The summed E-state index contributed by atoms with van der Waals surface area (Å²) >= 11 is 7.36. The molecule has 1 aliphatic rings. The largest absolute Gasteiger partial charge is 0.376 e. The van der Waals surface area contributed by atoms with Gasteiger partial charge in [-0.25, -0.2) is 4.39 Å². The van der Waals surface area contributed by atoms with E-state index in [9.17, 15) is 4.39 Å². The van der Waals surface area contributed by atoms with E-state index >= 15 is 0 Å². The van der Waals surface area contributed by atoms with Crippen LogP contribution in [0.2, 0.25) is 0 Å². The number of rotatable bonds is 2. The van der Waals surface area contributed by atoms with Gasteiger partial charge in [-0.3, -0.25) is 0 Å². The molecule has 1 saturated heterocycles. The van der Waals surface area contributed by atoms with Gasteiger partial charge in [-0.05, 0) is 60.6 Å². The van der Waals surface area contributed by atoms with Crippen LogP contribution in [-0.4, -0.2) is 22.3 Å². The number of H-pyrrole nitrogens is 1. The number of ether oxygens (including phenoxy) is 1. The molecule has 1 aromatic heterocycles. The third kappa shape index (κ3) is 2.34. The van der Waals surface area contributed by atoms with Crippen molar-refractivity contribution in [2.45, 2.75) is 31.9 Å². The summed E-state index contributed by atoms with van der Waals surface area (Å²) in [5.41, 5.74) is 1.69. The lowest BCUT2D eigenvalue weighted by Crippen LogP contribution is -2.20. The van der Waals surface area contributed by atoms with E-state index in [0.29, 0.717) is 8.34 Å². The molecule has 0 amide bonds. The van der Waals surface area contributed by atoms with E-state index in [4.69, 9.17) is 17.0 Å². The van der Waals surface area contributed by atoms with Gasteiger partial charge in [-0.1, -0.05) is 0 Å². The van der Waals surface area contributed by atoms with Gasteiger partial charge in [0.2, 0.25) is 0 Å². The molecule has 0 bridgehead atoms. The van der Waals surface area contributed by atoms with Gasteiger partial charge in [-0.15, -0.1) is 0 Å². The Morgan fingerprint density at radius 1 is 1.58 bits per heavy atom. The van der Waals surface area contributed by atoms with Gasteiger partial charge in [0.15, 0.2) is 4.77 Å². The molecule has 1 aliphatic heterocycles. The van der Waals surface area contributed by atoms with Crippen molar-refractivity contribution in [1.29, 1.82) is 0 Å². The molecule has 2 atom stereocenters. The predicted octanol–water partition coefficient (Wildman–Crippen LogP) is 4.18. The Bertz CT molecular complexity index is 675. The maximum Gasteiger partial charge on any atom is 0.178 e. The summed E-state index contributed by atoms with van der Waals surface area (Å²) in [6.07, 6.45) is 2.27. The first-order valence-corrected chi connectivity index (χ1v) is 7.77. The number of hydrogen-bond acceptors (Lipinski definition) is 2. The standard InChI is InChI=1S/C13H14FIN2OS/c1-7(12-3-2-4-18-12)17-11-5-8(14)9(15)6-10(11)16-13(17)19/h5-7,12H,2-4H2,1H3,(H,16,19). The molecule has 6 heteroatoms. The second-order valence-corrected chi connectivity index (χ2v) is 6.42. The normalized spacial score (nSPS) is 21.1. The van der Waals surface area contributed by atoms with Gasteiger partial charge < -0.3 is 14.3 Å². The van der Waals surface area contributed by atoms with Gasteiger partial charge >= 0.3 is 0 Å². The van der Waals surface area contributed by atoms with Crippen LogP contribution in [0.3, 0.4) is 0 Å². The Morgan fingerprint density at radius 2 is 2.37 bits per heavy atom. The zero-order valence-corrected chi connectivity index (χ0v) is 13.4. The molecular formula is C13H14FIN2OS. The number of aromatic amines is 1. The number of hydrogen-bond donors (Lipinski definition) is 1. The van der Waals surface area contributed by atoms with Gasteiger partial charge in [0.25, 0.3) is 0 Å². The number of benzene rings is 1. The topological polar surface area (TPSA) is 29.9 Å². The minimum absolute atomic E-state index is 0.114. The zero-order valence-electron chi connectivity index (χ0n) is 10.5. The number of halogens is 2. The minimum atomic E-state index is -0.213. The van der Waals surface area contributed by atoms with Crippen LogP contribution >= 0.6 is 34.8 Å². The second kappa shape index (κ2) is 5.14. The second-order valence-electron chi connectivity index (χ2n) is 4.88. The fourth-order valence-corrected chi connectivity index (χ4v) is 3.52. The van der Waals surface area contributed by atoms with Crippen molar-refractivity contribution in [3.05, 3.63) is 26.3 Å². The average Bonchev–Trinajstić information content (AvgIpc) is 2.97. The lowest BCUT2D eigenvalue weighted by molar-refractivity contribution is 0.0741. The lowest BCUT2D eigenvalue weighted by atomic mass is 10.1. The molecule has 19 heavy (non-hydrogen) atoms. The van der Waals surface area contributed by atoms with Gasteiger partial charge in [-0.2, -0.15) is 0 Å². The van der Waals surface area contributed by atoms with E-state index in [0.717, 1.165) is 30.5 Å². The van der Waals surface area contributed by atoms with Crippen molar-refractivity contribution in [2.24, 2.45) is 0 Å². The third-order valence-corrected chi connectivity index (χ3v) is 4.79.